The van der Waals surface area contributed by atoms with Crippen molar-refractivity contribution in [1.82, 2.24) is 9.55 Å². The predicted molar refractivity (Wildman–Crippen MR) is 76.4 cm³/mol. The summed E-state index contributed by atoms with van der Waals surface area (Å²) in [4.78, 5) is 4.71. The molecule has 0 bridgehead atoms. The van der Waals surface area contributed by atoms with E-state index in [4.69, 9.17) is 9.72 Å². The van der Waals surface area contributed by atoms with Crippen LogP contribution in [0.15, 0.2) is 30.3 Å². The summed E-state index contributed by atoms with van der Waals surface area (Å²) in [7, 11) is 3.78. The van der Waals surface area contributed by atoms with Crippen molar-refractivity contribution in [2.24, 2.45) is 7.05 Å². The zero-order valence-electron chi connectivity index (χ0n) is 11.2. The Morgan fingerprint density at radius 1 is 1.16 bits per heavy atom. The van der Waals surface area contributed by atoms with Gasteiger partial charge in [-0.15, -0.1) is 0 Å². The number of hydrogen-bond acceptors (Lipinski definition) is 2. The highest BCUT2D eigenvalue weighted by molar-refractivity contribution is 6.14. The van der Waals surface area contributed by atoms with Crippen LogP contribution in [0.3, 0.4) is 0 Å². The van der Waals surface area contributed by atoms with E-state index in [1.807, 2.05) is 6.92 Å². The molecule has 1 aromatic heterocycles. The van der Waals surface area contributed by atoms with Gasteiger partial charge in [0.1, 0.15) is 11.6 Å². The van der Waals surface area contributed by atoms with E-state index in [1.54, 1.807) is 7.11 Å². The molecule has 0 aliphatic heterocycles. The molecule has 0 fully saturated rings. The fourth-order valence-corrected chi connectivity index (χ4v) is 3.01. The second kappa shape index (κ2) is 3.38. The van der Waals surface area contributed by atoms with Gasteiger partial charge < -0.3 is 9.30 Å². The average molecular weight is 250 g/mol. The molecule has 1 aliphatic carbocycles. The van der Waals surface area contributed by atoms with E-state index in [0.29, 0.717) is 0 Å². The molecule has 0 N–H and O–H groups in total. The molecule has 0 spiro atoms. The summed E-state index contributed by atoms with van der Waals surface area (Å²) < 4.78 is 7.57. The van der Waals surface area contributed by atoms with Crippen LogP contribution in [0.2, 0.25) is 0 Å². The highest BCUT2D eigenvalue weighted by Crippen LogP contribution is 2.48. The normalized spacial score (nSPS) is 11.9. The number of hydrogen-bond donors (Lipinski definition) is 0. The zero-order valence-corrected chi connectivity index (χ0v) is 11.2. The number of nitrogens with zero attached hydrogens (tertiary/aromatic N) is 2. The molecule has 0 unspecified atom stereocenters. The lowest BCUT2D eigenvalue weighted by Crippen LogP contribution is -1.93. The Labute approximate surface area is 111 Å². The van der Waals surface area contributed by atoms with Crippen LogP contribution in [-0.4, -0.2) is 16.7 Å². The van der Waals surface area contributed by atoms with Crippen molar-refractivity contribution >= 4 is 10.8 Å². The summed E-state index contributed by atoms with van der Waals surface area (Å²) in [6, 6.07) is 10.6. The van der Waals surface area contributed by atoms with Gasteiger partial charge in [0.25, 0.3) is 0 Å². The van der Waals surface area contributed by atoms with Crippen LogP contribution in [0.4, 0.5) is 0 Å². The lowest BCUT2D eigenvalue weighted by molar-refractivity contribution is 0.415. The van der Waals surface area contributed by atoms with Crippen LogP contribution in [0.5, 0.6) is 5.75 Å². The molecule has 19 heavy (non-hydrogen) atoms. The Bertz CT molecular complexity index is 830. The SMILES string of the molecule is COc1cc2c3c(cccc3c1)-c1c-2nc(C)n1C. The van der Waals surface area contributed by atoms with E-state index in [0.717, 1.165) is 17.3 Å². The number of benzene rings is 2. The number of aryl methyl sites for hydroxylation is 1. The van der Waals surface area contributed by atoms with Gasteiger partial charge in [-0.25, -0.2) is 4.98 Å². The van der Waals surface area contributed by atoms with Crippen LogP contribution in [0.25, 0.3) is 33.3 Å². The molecule has 0 atom stereocenters. The van der Waals surface area contributed by atoms with Gasteiger partial charge in [0.2, 0.25) is 0 Å². The Balaban J connectivity index is 2.21. The van der Waals surface area contributed by atoms with Gasteiger partial charge in [-0.1, -0.05) is 18.2 Å². The molecule has 0 saturated carbocycles. The minimum Gasteiger partial charge on any atom is -0.497 e. The monoisotopic (exact) mass is 250 g/mol. The Morgan fingerprint density at radius 2 is 2.00 bits per heavy atom. The smallest absolute Gasteiger partial charge is 0.120 e. The topological polar surface area (TPSA) is 27.1 Å². The molecule has 2 aromatic carbocycles. The van der Waals surface area contributed by atoms with Crippen molar-refractivity contribution in [2.45, 2.75) is 6.92 Å². The van der Waals surface area contributed by atoms with Gasteiger partial charge >= 0.3 is 0 Å². The quantitative estimate of drug-likeness (QED) is 0.516. The third kappa shape index (κ3) is 1.19. The molecule has 3 heteroatoms. The minimum atomic E-state index is 0.885. The van der Waals surface area contributed by atoms with Gasteiger partial charge in [-0.3, -0.25) is 0 Å². The predicted octanol–water partition coefficient (Wildman–Crippen LogP) is 3.54. The summed E-state index contributed by atoms with van der Waals surface area (Å²) in [6.45, 7) is 2.04. The van der Waals surface area contributed by atoms with E-state index in [2.05, 4.69) is 41.9 Å². The highest BCUT2D eigenvalue weighted by Gasteiger charge is 2.27. The molecule has 0 saturated heterocycles. The number of fused-ring (bicyclic) bond motifs is 3. The van der Waals surface area contributed by atoms with Gasteiger partial charge in [-0.2, -0.15) is 0 Å². The first-order chi connectivity index (χ1) is 9.20. The Kier molecular flexibility index (Phi) is 1.89. The van der Waals surface area contributed by atoms with E-state index in [9.17, 15) is 0 Å². The van der Waals surface area contributed by atoms with E-state index >= 15 is 0 Å². The first-order valence-corrected chi connectivity index (χ1v) is 6.35. The van der Waals surface area contributed by atoms with Crippen molar-refractivity contribution in [3.8, 4) is 28.3 Å². The van der Waals surface area contributed by atoms with Crippen LogP contribution in [0.1, 0.15) is 5.82 Å². The van der Waals surface area contributed by atoms with Crippen molar-refractivity contribution in [2.75, 3.05) is 7.11 Å². The first kappa shape index (κ1) is 10.6. The lowest BCUT2D eigenvalue weighted by atomic mass is 10.0. The van der Waals surface area contributed by atoms with E-state index in [-0.39, 0.29) is 0 Å². The van der Waals surface area contributed by atoms with Gasteiger partial charge in [-0.05, 0) is 24.4 Å². The fraction of sp³-hybridized carbons (Fsp3) is 0.188. The molecule has 4 rings (SSSR count). The molecule has 3 aromatic rings. The van der Waals surface area contributed by atoms with Crippen LogP contribution in [-0.2, 0) is 7.05 Å². The maximum absolute atomic E-state index is 5.41. The van der Waals surface area contributed by atoms with E-state index in [1.165, 1.54) is 27.6 Å². The van der Waals surface area contributed by atoms with Crippen molar-refractivity contribution in [1.29, 1.82) is 0 Å². The second-order valence-electron chi connectivity index (χ2n) is 4.99. The number of imidazole rings is 1. The number of methoxy groups -OCH3 is 1. The Morgan fingerprint density at radius 3 is 2.79 bits per heavy atom. The number of ether oxygens (including phenoxy) is 1. The van der Waals surface area contributed by atoms with E-state index < -0.39 is 0 Å². The molecule has 0 radical (unpaired) electrons. The summed E-state index contributed by atoms with van der Waals surface area (Å²) in [5.74, 6) is 1.92. The summed E-state index contributed by atoms with van der Waals surface area (Å²) in [5, 5.41) is 2.50. The molecule has 3 nitrogen and oxygen atoms in total. The summed E-state index contributed by atoms with van der Waals surface area (Å²) in [6.07, 6.45) is 0. The molecule has 1 aliphatic rings. The van der Waals surface area contributed by atoms with Gasteiger partial charge in [0.15, 0.2) is 0 Å². The number of rotatable bonds is 1. The first-order valence-electron chi connectivity index (χ1n) is 6.35. The molecule has 0 amide bonds. The van der Waals surface area contributed by atoms with Gasteiger partial charge in [0, 0.05) is 23.6 Å². The molecular weight excluding hydrogens is 236 g/mol. The van der Waals surface area contributed by atoms with Crippen LogP contribution >= 0.6 is 0 Å². The summed E-state index contributed by atoms with van der Waals surface area (Å²) >= 11 is 0. The van der Waals surface area contributed by atoms with Crippen molar-refractivity contribution < 1.29 is 4.74 Å². The van der Waals surface area contributed by atoms with Crippen molar-refractivity contribution in [3.63, 3.8) is 0 Å². The zero-order chi connectivity index (χ0) is 13.1. The largest absolute Gasteiger partial charge is 0.497 e. The van der Waals surface area contributed by atoms with Crippen LogP contribution < -0.4 is 4.74 Å². The maximum atomic E-state index is 5.41. The van der Waals surface area contributed by atoms with Crippen LogP contribution in [0, 0.1) is 6.92 Å². The molecule has 1 heterocycles. The Hall–Kier alpha value is -2.29. The highest BCUT2D eigenvalue weighted by atomic mass is 16.5. The van der Waals surface area contributed by atoms with Crippen molar-refractivity contribution in [3.05, 3.63) is 36.2 Å². The lowest BCUT2D eigenvalue weighted by Gasteiger charge is -2.07. The molecular formula is C16H14N2O. The average Bonchev–Trinajstić information content (AvgIpc) is 2.89. The standard InChI is InChI=1S/C16H14N2O/c1-9-17-15-13-8-11(19-3)7-10-5-4-6-12(14(10)13)16(15)18(9)2/h4-8H,1-3H3. The minimum absolute atomic E-state index is 0.885. The third-order valence-electron chi connectivity index (χ3n) is 4.02. The maximum Gasteiger partial charge on any atom is 0.120 e. The number of aromatic nitrogens is 2. The second-order valence-corrected chi connectivity index (χ2v) is 4.99. The molecule has 94 valence electrons. The summed E-state index contributed by atoms with van der Waals surface area (Å²) in [5.41, 5.74) is 4.74. The third-order valence-corrected chi connectivity index (χ3v) is 4.02. The van der Waals surface area contributed by atoms with Gasteiger partial charge in [0.05, 0.1) is 18.5 Å². The fourth-order valence-electron chi connectivity index (χ4n) is 3.01.